The van der Waals surface area contributed by atoms with Gasteiger partial charge in [-0.05, 0) is 21.2 Å². The summed E-state index contributed by atoms with van der Waals surface area (Å²) in [5.74, 6) is 0. The minimum Gasteiger partial charge on any atom is -0.0688 e. The first kappa shape index (κ1) is 18.5. The van der Waals surface area contributed by atoms with E-state index in [9.17, 15) is 0 Å². The maximum atomic E-state index is 2.68. The fourth-order valence-electron chi connectivity index (χ4n) is 3.97. The molecule has 0 amide bonds. The van der Waals surface area contributed by atoms with E-state index in [2.05, 4.69) is 67.7 Å². The molecule has 0 aromatic heterocycles. The van der Waals surface area contributed by atoms with E-state index in [1.165, 1.54) is 25.7 Å². The van der Waals surface area contributed by atoms with Crippen molar-refractivity contribution < 1.29 is 0 Å². The van der Waals surface area contributed by atoms with Gasteiger partial charge >= 0.3 is 0 Å². The SMILES string of the molecule is CC(C)(C)[Si](C)(C)[C@@H]1CCCC[C@H]1[Si](C)(C)C(C)(C)C. The highest BCUT2D eigenvalue weighted by Gasteiger charge is 2.52. The van der Waals surface area contributed by atoms with Crippen LogP contribution in [0.4, 0.5) is 0 Å². The molecule has 0 saturated heterocycles. The smallest absolute Gasteiger partial charge is 0.0558 e. The first-order valence-electron chi connectivity index (χ1n) is 8.73. The predicted octanol–water partition coefficient (Wildman–Crippen LogP) is 7.32. The minimum atomic E-state index is -1.22. The third-order valence-electron chi connectivity index (χ3n) is 7.49. The van der Waals surface area contributed by atoms with Crippen LogP contribution in [-0.4, -0.2) is 16.1 Å². The average molecular weight is 313 g/mol. The molecular weight excluding hydrogens is 272 g/mol. The Kier molecular flexibility index (Phi) is 5.15. The van der Waals surface area contributed by atoms with Crippen molar-refractivity contribution in [3.63, 3.8) is 0 Å². The van der Waals surface area contributed by atoms with E-state index in [0.717, 1.165) is 11.1 Å². The van der Waals surface area contributed by atoms with Gasteiger partial charge in [-0.2, -0.15) is 0 Å². The van der Waals surface area contributed by atoms with Gasteiger partial charge in [0.15, 0.2) is 0 Å². The molecule has 1 saturated carbocycles. The van der Waals surface area contributed by atoms with Gasteiger partial charge in [-0.3, -0.25) is 0 Å². The molecule has 0 heterocycles. The zero-order valence-corrected chi connectivity index (χ0v) is 18.0. The molecule has 1 aliphatic rings. The minimum absolute atomic E-state index is 0.537. The predicted molar refractivity (Wildman–Crippen MR) is 100 cm³/mol. The van der Waals surface area contributed by atoms with Gasteiger partial charge in [-0.1, -0.05) is 93.4 Å². The van der Waals surface area contributed by atoms with Gasteiger partial charge < -0.3 is 0 Å². The Labute approximate surface area is 131 Å². The van der Waals surface area contributed by atoms with Crippen LogP contribution in [0.2, 0.25) is 47.3 Å². The van der Waals surface area contributed by atoms with Crippen LogP contribution in [0.25, 0.3) is 0 Å². The van der Waals surface area contributed by atoms with Crippen LogP contribution in [-0.2, 0) is 0 Å². The average Bonchev–Trinajstić information content (AvgIpc) is 2.26. The van der Waals surface area contributed by atoms with Crippen LogP contribution < -0.4 is 0 Å². The number of rotatable bonds is 2. The van der Waals surface area contributed by atoms with Gasteiger partial charge in [-0.25, -0.2) is 0 Å². The number of hydrogen-bond donors (Lipinski definition) is 0. The van der Waals surface area contributed by atoms with Crippen LogP contribution in [0.5, 0.6) is 0 Å². The summed E-state index contributed by atoms with van der Waals surface area (Å²) in [6, 6.07) is 0. The second-order valence-corrected chi connectivity index (χ2v) is 21.8. The standard InChI is InChI=1S/C18H40Si2/c1-17(2,3)19(7,8)15-13-11-12-14-16(15)20(9,10)18(4,5)6/h15-16H,11-14H2,1-10H3/t15-,16-/m1/s1. The summed E-state index contributed by atoms with van der Waals surface area (Å²) in [5.41, 5.74) is 2.11. The second-order valence-electron chi connectivity index (χ2n) is 10.4. The lowest BCUT2D eigenvalue weighted by Gasteiger charge is -2.55. The summed E-state index contributed by atoms with van der Waals surface area (Å²) in [4.78, 5) is 0. The first-order chi connectivity index (χ1) is 8.73. The lowest BCUT2D eigenvalue weighted by atomic mass is 9.99. The second kappa shape index (κ2) is 5.57. The molecular formula is C18H40Si2. The van der Waals surface area contributed by atoms with Crippen molar-refractivity contribution in [2.75, 3.05) is 0 Å². The number of hydrogen-bond acceptors (Lipinski definition) is 0. The lowest BCUT2D eigenvalue weighted by molar-refractivity contribution is 0.457. The lowest BCUT2D eigenvalue weighted by Crippen LogP contribution is -2.52. The Bertz CT molecular complexity index is 294. The molecule has 120 valence electrons. The maximum absolute atomic E-state index is 2.68. The zero-order chi connectivity index (χ0) is 16.0. The topological polar surface area (TPSA) is 0 Å². The van der Waals surface area contributed by atoms with Crippen molar-refractivity contribution in [1.29, 1.82) is 0 Å². The van der Waals surface area contributed by atoms with Crippen LogP contribution in [0.15, 0.2) is 0 Å². The fraction of sp³-hybridized carbons (Fsp3) is 1.00. The summed E-state index contributed by atoms with van der Waals surface area (Å²) in [6.45, 7) is 25.8. The van der Waals surface area contributed by atoms with Crippen molar-refractivity contribution in [1.82, 2.24) is 0 Å². The van der Waals surface area contributed by atoms with Crippen LogP contribution >= 0.6 is 0 Å². The molecule has 1 rings (SSSR count). The van der Waals surface area contributed by atoms with Crippen molar-refractivity contribution in [2.24, 2.45) is 0 Å². The summed E-state index contributed by atoms with van der Waals surface area (Å²) in [6.07, 6.45) is 6.02. The Morgan fingerprint density at radius 3 is 1.05 bits per heavy atom. The molecule has 0 aromatic carbocycles. The van der Waals surface area contributed by atoms with E-state index in [1.807, 2.05) is 0 Å². The summed E-state index contributed by atoms with van der Waals surface area (Å²) < 4.78 is 0. The van der Waals surface area contributed by atoms with E-state index in [-0.39, 0.29) is 0 Å². The third kappa shape index (κ3) is 3.26. The molecule has 2 heteroatoms. The van der Waals surface area contributed by atoms with Gasteiger partial charge in [-0.15, -0.1) is 0 Å². The van der Waals surface area contributed by atoms with E-state index in [1.54, 1.807) is 0 Å². The highest BCUT2D eigenvalue weighted by atomic mass is 28.3. The molecule has 0 N–H and O–H groups in total. The molecule has 0 spiro atoms. The van der Waals surface area contributed by atoms with E-state index >= 15 is 0 Å². The Hall–Kier alpha value is 0.434. The van der Waals surface area contributed by atoms with Crippen LogP contribution in [0, 0.1) is 0 Å². The quantitative estimate of drug-likeness (QED) is 0.469. The molecule has 2 atom stereocenters. The molecule has 1 aliphatic carbocycles. The monoisotopic (exact) mass is 312 g/mol. The van der Waals surface area contributed by atoms with Gasteiger partial charge in [0.1, 0.15) is 0 Å². The zero-order valence-electron chi connectivity index (χ0n) is 16.0. The van der Waals surface area contributed by atoms with E-state index < -0.39 is 16.1 Å². The van der Waals surface area contributed by atoms with Gasteiger partial charge in [0, 0.05) is 0 Å². The van der Waals surface area contributed by atoms with Crippen molar-refractivity contribution in [2.45, 2.75) is 115 Å². The summed E-state index contributed by atoms with van der Waals surface area (Å²) >= 11 is 0. The first-order valence-corrected chi connectivity index (χ1v) is 14.9. The molecule has 0 unspecified atom stereocenters. The van der Waals surface area contributed by atoms with Crippen molar-refractivity contribution >= 4 is 16.1 Å². The van der Waals surface area contributed by atoms with Gasteiger partial charge in [0.25, 0.3) is 0 Å². The van der Waals surface area contributed by atoms with Gasteiger partial charge in [0.2, 0.25) is 0 Å². The molecule has 1 fully saturated rings. The van der Waals surface area contributed by atoms with E-state index in [0.29, 0.717) is 10.1 Å². The summed E-state index contributed by atoms with van der Waals surface area (Å²) in [7, 11) is -2.44. The van der Waals surface area contributed by atoms with Crippen LogP contribution in [0.1, 0.15) is 67.2 Å². The molecule has 0 radical (unpaired) electrons. The molecule has 0 aliphatic heterocycles. The molecule has 20 heavy (non-hydrogen) atoms. The molecule has 0 aromatic rings. The largest absolute Gasteiger partial charge is 0.0688 e. The Balaban J connectivity index is 3.17. The summed E-state index contributed by atoms with van der Waals surface area (Å²) in [5, 5.41) is 1.07. The van der Waals surface area contributed by atoms with Crippen molar-refractivity contribution in [3.8, 4) is 0 Å². The highest BCUT2D eigenvalue weighted by molar-refractivity contribution is 6.87. The normalized spacial score (nSPS) is 26.7. The Morgan fingerprint density at radius 1 is 0.600 bits per heavy atom. The maximum Gasteiger partial charge on any atom is 0.0558 e. The molecule has 0 nitrogen and oxygen atoms in total. The van der Waals surface area contributed by atoms with E-state index in [4.69, 9.17) is 0 Å². The van der Waals surface area contributed by atoms with Gasteiger partial charge in [0.05, 0.1) is 16.1 Å². The highest BCUT2D eigenvalue weighted by Crippen LogP contribution is 2.60. The van der Waals surface area contributed by atoms with Crippen molar-refractivity contribution in [3.05, 3.63) is 0 Å². The van der Waals surface area contributed by atoms with Crippen LogP contribution in [0.3, 0.4) is 0 Å². The molecule has 0 bridgehead atoms. The Morgan fingerprint density at radius 2 is 0.850 bits per heavy atom. The fourth-order valence-corrected chi connectivity index (χ4v) is 12.9. The third-order valence-corrected chi connectivity index (χ3v) is 20.6.